The Morgan fingerprint density at radius 3 is 2.32 bits per heavy atom. The first-order valence-electron chi connectivity index (χ1n) is 23.3. The fourth-order valence-corrected chi connectivity index (χ4v) is 11.8. The van der Waals surface area contributed by atoms with E-state index in [-0.39, 0.29) is 31.3 Å². The van der Waals surface area contributed by atoms with Gasteiger partial charge in [-0.15, -0.1) is 11.3 Å². The minimum atomic E-state index is -4.03. The lowest BCUT2D eigenvalue weighted by molar-refractivity contribution is -0.142. The number of pyridine rings is 1. The highest BCUT2D eigenvalue weighted by Crippen LogP contribution is 2.51. The predicted molar refractivity (Wildman–Crippen MR) is 250 cm³/mol. The summed E-state index contributed by atoms with van der Waals surface area (Å²) in [4.78, 5) is 68.2. The zero-order valence-corrected chi connectivity index (χ0v) is 40.7. The van der Waals surface area contributed by atoms with E-state index in [1.165, 1.54) is 16.2 Å². The Hall–Kier alpha value is -4.71. The molecule has 4 heterocycles. The van der Waals surface area contributed by atoms with Crippen LogP contribution in [0.5, 0.6) is 11.5 Å². The summed E-state index contributed by atoms with van der Waals surface area (Å²) < 4.78 is 47.1. The molecule has 4 amide bonds. The molecule has 0 unspecified atom stereocenters. The second-order valence-corrected chi connectivity index (χ2v) is 23.0. The number of benzene rings is 1. The number of hydrogen-bond acceptors (Lipinski definition) is 13. The highest BCUT2D eigenvalue weighted by atomic mass is 32.2. The van der Waals surface area contributed by atoms with Gasteiger partial charge in [0.2, 0.25) is 21.8 Å². The summed E-state index contributed by atoms with van der Waals surface area (Å²) in [6, 6.07) is 5.20. The van der Waals surface area contributed by atoms with Crippen molar-refractivity contribution >= 4 is 61.2 Å². The van der Waals surface area contributed by atoms with Gasteiger partial charge in [-0.05, 0) is 90.7 Å². The summed E-state index contributed by atoms with van der Waals surface area (Å²) in [5.74, 6) is -1.50. The number of likely N-dealkylation sites (tertiary alicyclic amines) is 1. The average Bonchev–Trinajstić information content (AvgIpc) is 4.06. The molecule has 7 rings (SSSR count). The van der Waals surface area contributed by atoms with Gasteiger partial charge in [-0.1, -0.05) is 58.8 Å². The van der Waals surface area contributed by atoms with Crippen molar-refractivity contribution in [2.75, 3.05) is 19.0 Å². The molecule has 18 heteroatoms. The van der Waals surface area contributed by atoms with E-state index in [0.717, 1.165) is 50.1 Å². The number of nitrogens with zero attached hydrogens (tertiary/aromatic N) is 3. The highest BCUT2D eigenvalue weighted by Gasteiger charge is 2.64. The Bertz CT molecular complexity index is 2360. The lowest BCUT2D eigenvalue weighted by atomic mass is 10.0. The van der Waals surface area contributed by atoms with Gasteiger partial charge >= 0.3 is 6.09 Å². The van der Waals surface area contributed by atoms with E-state index >= 15 is 0 Å². The van der Waals surface area contributed by atoms with Gasteiger partial charge in [0.1, 0.15) is 46.5 Å². The molecule has 2 saturated heterocycles. The molecule has 2 aromatic heterocycles. The molecule has 16 nitrogen and oxygen atoms in total. The molecule has 1 spiro atoms. The third-order valence-electron chi connectivity index (χ3n) is 13.1. The fraction of sp³-hybridized carbons (Fsp3) is 0.660. The summed E-state index contributed by atoms with van der Waals surface area (Å²) >= 11 is 1.46. The lowest BCUT2D eigenvalue weighted by Gasteiger charge is -2.32. The zero-order valence-electron chi connectivity index (χ0n) is 39.1. The number of sulfonamides is 1. The number of ether oxygens (including phenoxy) is 3. The van der Waals surface area contributed by atoms with Crippen LogP contribution >= 0.6 is 11.3 Å². The molecule has 1 aromatic carbocycles. The molecule has 3 aromatic rings. The van der Waals surface area contributed by atoms with Gasteiger partial charge in [0.05, 0.1) is 29.6 Å². The second kappa shape index (κ2) is 19.3. The largest absolute Gasteiger partial charge is 0.497 e. The van der Waals surface area contributed by atoms with Gasteiger partial charge in [-0.3, -0.25) is 19.1 Å². The van der Waals surface area contributed by atoms with Crippen LogP contribution in [0, 0.1) is 11.8 Å². The fourth-order valence-electron chi connectivity index (χ4n) is 9.22. The molecule has 4 fully saturated rings. The summed E-state index contributed by atoms with van der Waals surface area (Å²) in [6.45, 7) is 12.8. The summed E-state index contributed by atoms with van der Waals surface area (Å²) in [6.07, 6.45) is 7.66. The molecule has 2 saturated carbocycles. The standard InChI is InChI=1S/C47H67N7O9S2/c1-28(2)39(51-44(58)63-45(5,6)7)41(56)54-26-32(62-38-24-35(36-27-64-43(50-36)48-29(3)4)49-34-22-31(61-8)17-18-33(34)38)23-37(54)40(55)52-47-25-30(47)16-14-12-10-9-11-13-15-19-46(20-21-46)65(59,60)53-42(47)57/h17-18,22,24,27-30,32,37,39H,9-16,19-21,23,25-26H2,1-8H3,(H,48,50)(H,51,58)(H,52,55)(H,53,57)/t30-,32-,37+,39+,47-/m1/s1. The predicted octanol–water partition coefficient (Wildman–Crippen LogP) is 7.46. The smallest absolute Gasteiger partial charge is 0.408 e. The molecule has 2 aliphatic heterocycles. The van der Waals surface area contributed by atoms with Crippen molar-refractivity contribution in [2.24, 2.45) is 11.8 Å². The second-order valence-electron chi connectivity index (χ2n) is 20.1. The minimum Gasteiger partial charge on any atom is -0.497 e. The van der Waals surface area contributed by atoms with Gasteiger partial charge < -0.3 is 35.1 Å². The summed E-state index contributed by atoms with van der Waals surface area (Å²) in [5.41, 5.74) is -0.531. The third-order valence-corrected chi connectivity index (χ3v) is 16.0. The number of hydrogen-bond donors (Lipinski definition) is 4. The normalized spacial score (nSPS) is 24.9. The molecule has 356 valence electrons. The number of fused-ring (bicyclic) bond motifs is 2. The number of rotatable bonds is 11. The number of amides is 4. The molecule has 4 aliphatic rings. The molecular weight excluding hydrogens is 871 g/mol. The Balaban J connectivity index is 1.21. The zero-order chi connectivity index (χ0) is 46.9. The molecule has 2 aliphatic carbocycles. The molecule has 5 atom stereocenters. The first kappa shape index (κ1) is 48.2. The Kier molecular flexibility index (Phi) is 14.3. The van der Waals surface area contributed by atoms with Crippen molar-refractivity contribution < 1.29 is 41.8 Å². The number of carbonyl (C=O) groups is 4. The Labute approximate surface area is 387 Å². The van der Waals surface area contributed by atoms with Crippen LogP contribution in [0.15, 0.2) is 29.6 Å². The van der Waals surface area contributed by atoms with Gasteiger partial charge in [0, 0.05) is 35.4 Å². The number of aromatic nitrogens is 2. The van der Waals surface area contributed by atoms with E-state index in [0.29, 0.717) is 59.5 Å². The van der Waals surface area contributed by atoms with Crippen molar-refractivity contribution in [1.29, 1.82) is 0 Å². The monoisotopic (exact) mass is 937 g/mol. The minimum absolute atomic E-state index is 0.0348. The maximum absolute atomic E-state index is 14.9. The first-order chi connectivity index (χ1) is 30.7. The molecule has 0 bridgehead atoms. The SMILES string of the molecule is COc1ccc2c(O[C@@H]3C[C@@H](C(=O)N[C@]45C[C@H]4CCCCCCCCCC4(CC4)S(=O)(=O)NC5=O)N(C(=O)[C@@H](NC(=O)OC(C)(C)C)C(C)C)C3)cc(-c3csc(NC(C)C)n3)nc2c1. The van der Waals surface area contributed by atoms with Crippen molar-refractivity contribution in [2.45, 2.75) is 172 Å². The maximum atomic E-state index is 14.9. The van der Waals surface area contributed by atoms with E-state index < -0.39 is 73.8 Å². The number of methoxy groups -OCH3 is 1. The quantitative estimate of drug-likeness (QED) is 0.148. The maximum Gasteiger partial charge on any atom is 0.408 e. The number of anilines is 1. The first-order valence-corrected chi connectivity index (χ1v) is 25.7. The van der Waals surface area contributed by atoms with E-state index in [9.17, 15) is 27.6 Å². The van der Waals surface area contributed by atoms with Crippen LogP contribution in [-0.4, -0.2) is 101 Å². The number of thiazole rings is 1. The van der Waals surface area contributed by atoms with Gasteiger partial charge in [0.15, 0.2) is 5.13 Å². The third kappa shape index (κ3) is 11.1. The van der Waals surface area contributed by atoms with Crippen molar-refractivity contribution in [1.82, 2.24) is 30.2 Å². The van der Waals surface area contributed by atoms with Crippen LogP contribution in [0.1, 0.15) is 132 Å². The highest BCUT2D eigenvalue weighted by molar-refractivity contribution is 7.91. The van der Waals surface area contributed by atoms with E-state index in [1.54, 1.807) is 59.9 Å². The van der Waals surface area contributed by atoms with Gasteiger partial charge in [-0.2, -0.15) is 0 Å². The Morgan fingerprint density at radius 1 is 0.954 bits per heavy atom. The van der Waals surface area contributed by atoms with Crippen LogP contribution < -0.4 is 30.1 Å². The van der Waals surface area contributed by atoms with Crippen molar-refractivity contribution in [3.8, 4) is 22.9 Å². The molecular formula is C47H67N7O9S2. The average molecular weight is 938 g/mol. The van der Waals surface area contributed by atoms with Crippen LogP contribution in [0.25, 0.3) is 22.3 Å². The van der Waals surface area contributed by atoms with Crippen LogP contribution in [0.3, 0.4) is 0 Å². The number of nitrogens with one attached hydrogen (secondary N) is 4. The van der Waals surface area contributed by atoms with E-state index in [1.807, 2.05) is 25.3 Å². The lowest BCUT2D eigenvalue weighted by Crippen LogP contribution is -2.59. The van der Waals surface area contributed by atoms with Gasteiger partial charge in [-0.25, -0.2) is 23.2 Å². The molecule has 0 radical (unpaired) electrons. The van der Waals surface area contributed by atoms with E-state index in [4.69, 9.17) is 24.2 Å². The molecule has 4 N–H and O–H groups in total. The Morgan fingerprint density at radius 2 is 1.66 bits per heavy atom. The van der Waals surface area contributed by atoms with Crippen molar-refractivity contribution in [3.05, 3.63) is 29.6 Å². The van der Waals surface area contributed by atoms with Crippen molar-refractivity contribution in [3.63, 3.8) is 0 Å². The van der Waals surface area contributed by atoms with Crippen LogP contribution in [0.4, 0.5) is 9.93 Å². The number of carbonyl (C=O) groups excluding carboxylic acids is 4. The van der Waals surface area contributed by atoms with Crippen LogP contribution in [0.2, 0.25) is 0 Å². The molecule has 65 heavy (non-hydrogen) atoms. The summed E-state index contributed by atoms with van der Waals surface area (Å²) in [5, 5.41) is 12.4. The topological polar surface area (TPSA) is 207 Å². The number of alkyl carbamates (subject to hydrolysis) is 1. The van der Waals surface area contributed by atoms with Crippen LogP contribution in [-0.2, 0) is 29.1 Å². The summed E-state index contributed by atoms with van der Waals surface area (Å²) in [7, 11) is -2.45. The van der Waals surface area contributed by atoms with Gasteiger partial charge in [0.25, 0.3) is 5.91 Å². The van der Waals surface area contributed by atoms with E-state index in [2.05, 4.69) is 20.7 Å².